The van der Waals surface area contributed by atoms with Gasteiger partial charge in [0, 0.05) is 18.7 Å². The Labute approximate surface area is 127 Å². The van der Waals surface area contributed by atoms with E-state index in [9.17, 15) is 4.79 Å². The minimum absolute atomic E-state index is 0.0645. The first-order valence-corrected chi connectivity index (χ1v) is 7.05. The normalized spacial score (nSPS) is 13.7. The number of hydrogen-bond acceptors (Lipinski definition) is 4. The lowest BCUT2D eigenvalue weighted by molar-refractivity contribution is 0.0734. The molecule has 0 saturated carbocycles. The first-order valence-electron chi connectivity index (χ1n) is 6.67. The van der Waals surface area contributed by atoms with E-state index >= 15 is 0 Å². The van der Waals surface area contributed by atoms with Crippen LogP contribution in [-0.2, 0) is 13.0 Å². The highest BCUT2D eigenvalue weighted by molar-refractivity contribution is 6.29. The van der Waals surface area contributed by atoms with E-state index in [0.29, 0.717) is 24.5 Å². The van der Waals surface area contributed by atoms with E-state index in [1.165, 1.54) is 11.1 Å². The number of nitrogens with two attached hydrogens (primary N) is 1. The van der Waals surface area contributed by atoms with E-state index in [2.05, 4.69) is 22.5 Å². The zero-order valence-corrected chi connectivity index (χ0v) is 12.1. The fourth-order valence-corrected chi connectivity index (χ4v) is 2.75. The molecule has 1 aliphatic rings. The van der Waals surface area contributed by atoms with Crippen LogP contribution in [0.2, 0.25) is 5.15 Å². The Hall–Kier alpha value is -2.11. The number of hydrazine groups is 1. The molecule has 5 nitrogen and oxygen atoms in total. The topological polar surface area (TPSA) is 71.2 Å². The number of carbonyl (C=O) groups excluding carboxylic acids is 1. The highest BCUT2D eigenvalue weighted by Crippen LogP contribution is 2.22. The van der Waals surface area contributed by atoms with Crippen LogP contribution in [0.3, 0.4) is 0 Å². The Morgan fingerprint density at radius 3 is 2.81 bits per heavy atom. The smallest absolute Gasteiger partial charge is 0.254 e. The highest BCUT2D eigenvalue weighted by Gasteiger charge is 2.22. The molecule has 0 spiro atoms. The third-order valence-electron chi connectivity index (χ3n) is 3.61. The maximum absolute atomic E-state index is 12.6. The number of nitrogen functional groups attached to an aromatic ring is 1. The molecule has 0 atom stereocenters. The van der Waals surface area contributed by atoms with Crippen molar-refractivity contribution in [2.75, 3.05) is 12.0 Å². The Bertz CT molecular complexity index is 689. The van der Waals surface area contributed by atoms with Crippen LogP contribution in [0.25, 0.3) is 0 Å². The number of amides is 1. The van der Waals surface area contributed by atoms with Gasteiger partial charge >= 0.3 is 0 Å². The third kappa shape index (κ3) is 2.84. The number of nitrogens with one attached hydrogen (secondary N) is 1. The van der Waals surface area contributed by atoms with Crippen LogP contribution in [0.5, 0.6) is 0 Å². The van der Waals surface area contributed by atoms with Gasteiger partial charge in [0.05, 0.1) is 0 Å². The molecule has 1 aromatic carbocycles. The van der Waals surface area contributed by atoms with Crippen LogP contribution in [0.15, 0.2) is 36.4 Å². The SMILES string of the molecule is NNc1cc(C(=O)N2CCc3ccccc3C2)cc(Cl)n1. The van der Waals surface area contributed by atoms with Gasteiger partial charge in [0.1, 0.15) is 11.0 Å². The van der Waals surface area contributed by atoms with Gasteiger partial charge in [-0.1, -0.05) is 35.9 Å². The standard InChI is InChI=1S/C15H15ClN4O/c16-13-7-12(8-14(18-13)19-17)15(21)20-6-5-10-3-1-2-4-11(10)9-20/h1-4,7-8H,5-6,9,17H2,(H,18,19). The lowest BCUT2D eigenvalue weighted by Crippen LogP contribution is -2.36. The predicted molar refractivity (Wildman–Crippen MR) is 81.9 cm³/mol. The maximum Gasteiger partial charge on any atom is 0.254 e. The van der Waals surface area contributed by atoms with Crippen molar-refractivity contribution in [3.8, 4) is 0 Å². The van der Waals surface area contributed by atoms with Gasteiger partial charge in [-0.25, -0.2) is 10.8 Å². The van der Waals surface area contributed by atoms with E-state index in [4.69, 9.17) is 17.4 Å². The second kappa shape index (κ2) is 5.71. The van der Waals surface area contributed by atoms with Crippen molar-refractivity contribution in [3.63, 3.8) is 0 Å². The van der Waals surface area contributed by atoms with Crippen LogP contribution < -0.4 is 11.3 Å². The number of nitrogens with zero attached hydrogens (tertiary/aromatic N) is 2. The van der Waals surface area contributed by atoms with Crippen LogP contribution in [0.1, 0.15) is 21.5 Å². The van der Waals surface area contributed by atoms with E-state index in [1.807, 2.05) is 17.0 Å². The number of pyridine rings is 1. The van der Waals surface area contributed by atoms with Crippen molar-refractivity contribution in [1.82, 2.24) is 9.88 Å². The van der Waals surface area contributed by atoms with Gasteiger partial charge in [-0.05, 0) is 29.7 Å². The fraction of sp³-hybridized carbons (Fsp3) is 0.200. The van der Waals surface area contributed by atoms with Crippen LogP contribution >= 0.6 is 11.6 Å². The molecule has 0 bridgehead atoms. The Kier molecular flexibility index (Phi) is 3.77. The summed E-state index contributed by atoms with van der Waals surface area (Å²) >= 11 is 5.92. The second-order valence-corrected chi connectivity index (χ2v) is 5.34. The number of halogens is 1. The molecule has 0 fully saturated rings. The van der Waals surface area contributed by atoms with E-state index in [-0.39, 0.29) is 11.1 Å². The van der Waals surface area contributed by atoms with Gasteiger partial charge in [-0.2, -0.15) is 0 Å². The molecule has 2 heterocycles. The summed E-state index contributed by atoms with van der Waals surface area (Å²) in [5, 5.41) is 0.242. The number of benzene rings is 1. The molecule has 2 aromatic rings. The van der Waals surface area contributed by atoms with Crippen LogP contribution in [0.4, 0.5) is 5.82 Å². The molecule has 6 heteroatoms. The molecular formula is C15H15ClN4O. The predicted octanol–water partition coefficient (Wildman–Crippen LogP) is 2.22. The summed E-state index contributed by atoms with van der Waals surface area (Å²) in [7, 11) is 0. The molecule has 0 saturated heterocycles. The summed E-state index contributed by atoms with van der Waals surface area (Å²) in [4.78, 5) is 18.4. The lowest BCUT2D eigenvalue weighted by atomic mass is 9.99. The molecule has 0 radical (unpaired) electrons. The number of anilines is 1. The summed E-state index contributed by atoms with van der Waals surface area (Å²) in [5.74, 6) is 5.65. The number of hydrogen-bond donors (Lipinski definition) is 2. The van der Waals surface area contributed by atoms with Gasteiger partial charge in [-0.15, -0.1) is 0 Å². The van der Waals surface area contributed by atoms with Crippen molar-refractivity contribution in [3.05, 3.63) is 58.2 Å². The third-order valence-corrected chi connectivity index (χ3v) is 3.80. The molecule has 1 aliphatic heterocycles. The molecular weight excluding hydrogens is 288 g/mol. The molecule has 3 N–H and O–H groups in total. The summed E-state index contributed by atoms with van der Waals surface area (Å²) in [6.07, 6.45) is 0.864. The molecule has 21 heavy (non-hydrogen) atoms. The van der Waals surface area contributed by atoms with Crippen molar-refractivity contribution < 1.29 is 4.79 Å². The quantitative estimate of drug-likeness (QED) is 0.507. The molecule has 3 rings (SSSR count). The number of carbonyl (C=O) groups is 1. The molecule has 1 amide bonds. The minimum atomic E-state index is -0.0645. The molecule has 0 unspecified atom stereocenters. The molecule has 0 aliphatic carbocycles. The van der Waals surface area contributed by atoms with Crippen molar-refractivity contribution >= 4 is 23.3 Å². The van der Waals surface area contributed by atoms with E-state index < -0.39 is 0 Å². The highest BCUT2D eigenvalue weighted by atomic mass is 35.5. The summed E-state index contributed by atoms with van der Waals surface area (Å²) in [5.41, 5.74) is 5.40. The zero-order chi connectivity index (χ0) is 14.8. The second-order valence-electron chi connectivity index (χ2n) is 4.95. The minimum Gasteiger partial charge on any atom is -0.334 e. The summed E-state index contributed by atoms with van der Waals surface area (Å²) in [6, 6.07) is 11.3. The maximum atomic E-state index is 12.6. The van der Waals surface area contributed by atoms with Gasteiger partial charge in [0.2, 0.25) is 0 Å². The van der Waals surface area contributed by atoms with Gasteiger partial charge in [0.15, 0.2) is 0 Å². The largest absolute Gasteiger partial charge is 0.334 e. The van der Waals surface area contributed by atoms with Crippen molar-refractivity contribution in [2.24, 2.45) is 5.84 Å². The Morgan fingerprint density at radius 2 is 2.05 bits per heavy atom. The monoisotopic (exact) mass is 302 g/mol. The first-order chi connectivity index (χ1) is 10.2. The number of rotatable bonds is 2. The lowest BCUT2D eigenvalue weighted by Gasteiger charge is -2.29. The molecule has 108 valence electrons. The first kappa shape index (κ1) is 13.9. The van der Waals surface area contributed by atoms with Crippen LogP contribution in [0, 0.1) is 0 Å². The van der Waals surface area contributed by atoms with Gasteiger partial charge in [0.25, 0.3) is 5.91 Å². The van der Waals surface area contributed by atoms with E-state index in [0.717, 1.165) is 6.42 Å². The average molecular weight is 303 g/mol. The Morgan fingerprint density at radius 1 is 1.29 bits per heavy atom. The summed E-state index contributed by atoms with van der Waals surface area (Å²) < 4.78 is 0. The van der Waals surface area contributed by atoms with Gasteiger partial charge in [-0.3, -0.25) is 4.79 Å². The fourth-order valence-electron chi connectivity index (χ4n) is 2.55. The Balaban J connectivity index is 1.85. The van der Waals surface area contributed by atoms with Crippen molar-refractivity contribution in [2.45, 2.75) is 13.0 Å². The number of fused-ring (bicyclic) bond motifs is 1. The van der Waals surface area contributed by atoms with Gasteiger partial charge < -0.3 is 10.3 Å². The molecule has 1 aromatic heterocycles. The average Bonchev–Trinajstić information content (AvgIpc) is 2.53. The van der Waals surface area contributed by atoms with E-state index in [1.54, 1.807) is 12.1 Å². The van der Waals surface area contributed by atoms with Crippen molar-refractivity contribution in [1.29, 1.82) is 0 Å². The zero-order valence-electron chi connectivity index (χ0n) is 11.3. The van der Waals surface area contributed by atoms with Crippen LogP contribution in [-0.4, -0.2) is 22.3 Å². The number of aromatic nitrogens is 1. The summed E-state index contributed by atoms with van der Waals surface area (Å²) in [6.45, 7) is 1.31.